The van der Waals surface area contributed by atoms with Crippen molar-refractivity contribution in [2.75, 3.05) is 55.3 Å². The standard InChI is InChI=1S/C36H44N6O3/c1-41-13-15-42(16-14-41)34-20-28(11-12-38-34)27-4-2-3-25(17-27)18-30(19-33(43)26-7-5-24(23-37)6-8-26)36(45)39-31-10-9-29-21-35(44)40-32(29)22-31/h2-4,9-12,17,20,22,24,26,30H,5-8,13-16,18-19,21,23,37H2,1H3,(H,39,45)(H,40,44)/t24?,26?,30-/m1/s1. The molecule has 1 aliphatic carbocycles. The molecule has 236 valence electrons. The summed E-state index contributed by atoms with van der Waals surface area (Å²) in [5, 5.41) is 5.90. The third-order valence-corrected chi connectivity index (χ3v) is 9.77. The molecule has 1 saturated heterocycles. The summed E-state index contributed by atoms with van der Waals surface area (Å²) in [6.07, 6.45) is 6.46. The number of carbonyl (C=O) groups excluding carboxylic acids is 3. The highest BCUT2D eigenvalue weighted by atomic mass is 16.2. The van der Waals surface area contributed by atoms with Crippen LogP contribution in [-0.2, 0) is 27.2 Å². The zero-order valence-corrected chi connectivity index (χ0v) is 26.1. The maximum atomic E-state index is 13.8. The molecule has 9 nitrogen and oxygen atoms in total. The Bertz CT molecular complexity index is 1540. The normalized spacial score (nSPS) is 20.8. The first-order valence-electron chi connectivity index (χ1n) is 16.3. The van der Waals surface area contributed by atoms with Crippen molar-refractivity contribution in [1.82, 2.24) is 9.88 Å². The molecule has 4 N–H and O–H groups in total. The molecule has 0 unspecified atom stereocenters. The van der Waals surface area contributed by atoms with Crippen molar-refractivity contribution in [3.63, 3.8) is 0 Å². The smallest absolute Gasteiger partial charge is 0.228 e. The third-order valence-electron chi connectivity index (χ3n) is 9.77. The number of Topliss-reactive ketones (excluding diaryl/α,β-unsaturated/α-hetero) is 1. The van der Waals surface area contributed by atoms with E-state index in [4.69, 9.17) is 5.73 Å². The van der Waals surface area contributed by atoms with Crippen LogP contribution >= 0.6 is 0 Å². The lowest BCUT2D eigenvalue weighted by Gasteiger charge is -2.33. The van der Waals surface area contributed by atoms with E-state index in [0.29, 0.717) is 31.0 Å². The van der Waals surface area contributed by atoms with Gasteiger partial charge in [-0.05, 0) is 98.1 Å². The van der Waals surface area contributed by atoms with Crippen molar-refractivity contribution in [3.8, 4) is 11.1 Å². The first kappa shape index (κ1) is 30.9. The van der Waals surface area contributed by atoms with Gasteiger partial charge >= 0.3 is 0 Å². The van der Waals surface area contributed by atoms with Crippen LogP contribution in [0.1, 0.15) is 43.2 Å². The van der Waals surface area contributed by atoms with Gasteiger partial charge in [0.1, 0.15) is 11.6 Å². The predicted octanol–water partition coefficient (Wildman–Crippen LogP) is 4.52. The minimum atomic E-state index is -0.527. The van der Waals surface area contributed by atoms with Gasteiger partial charge in [0, 0.05) is 62.0 Å². The largest absolute Gasteiger partial charge is 0.354 e. The van der Waals surface area contributed by atoms with E-state index in [9.17, 15) is 14.4 Å². The molecule has 2 aliphatic heterocycles. The zero-order valence-electron chi connectivity index (χ0n) is 26.1. The quantitative estimate of drug-likeness (QED) is 0.310. The van der Waals surface area contributed by atoms with Crippen LogP contribution in [0, 0.1) is 17.8 Å². The highest BCUT2D eigenvalue weighted by Crippen LogP contribution is 2.32. The van der Waals surface area contributed by atoms with Crippen LogP contribution in [0.3, 0.4) is 0 Å². The Morgan fingerprint density at radius 3 is 2.56 bits per heavy atom. The van der Waals surface area contributed by atoms with Gasteiger partial charge in [-0.15, -0.1) is 0 Å². The number of carbonyl (C=O) groups is 3. The lowest BCUT2D eigenvalue weighted by atomic mass is 9.77. The minimum absolute atomic E-state index is 0.0190. The predicted molar refractivity (Wildman–Crippen MR) is 178 cm³/mol. The molecule has 0 radical (unpaired) electrons. The number of fused-ring (bicyclic) bond motifs is 1. The van der Waals surface area contributed by atoms with Gasteiger partial charge in [0.05, 0.1) is 6.42 Å². The summed E-state index contributed by atoms with van der Waals surface area (Å²) in [5.41, 5.74) is 11.3. The fraction of sp³-hybridized carbons (Fsp3) is 0.444. The average molecular weight is 609 g/mol. The molecule has 0 spiro atoms. The highest BCUT2D eigenvalue weighted by Gasteiger charge is 2.30. The SMILES string of the molecule is CN1CCN(c2cc(-c3cccc(C[C@H](CC(=O)C4CCC(CN)CC4)C(=O)Nc4ccc5c(c4)NC(=O)C5)c3)ccn2)CC1. The molecule has 3 heterocycles. The van der Waals surface area contributed by atoms with E-state index in [1.807, 2.05) is 36.5 Å². The summed E-state index contributed by atoms with van der Waals surface area (Å²) in [6, 6.07) is 17.9. The fourth-order valence-corrected chi connectivity index (χ4v) is 6.89. The number of likely N-dealkylation sites (N-methyl/N-ethyl adjacent to an activating group) is 1. The number of rotatable bonds is 10. The fourth-order valence-electron chi connectivity index (χ4n) is 6.89. The zero-order chi connectivity index (χ0) is 31.3. The molecule has 3 aliphatic rings. The van der Waals surface area contributed by atoms with Crippen LogP contribution < -0.4 is 21.3 Å². The van der Waals surface area contributed by atoms with Crippen LogP contribution in [0.5, 0.6) is 0 Å². The summed E-state index contributed by atoms with van der Waals surface area (Å²) < 4.78 is 0. The van der Waals surface area contributed by atoms with Crippen LogP contribution in [0.2, 0.25) is 0 Å². The number of amides is 2. The van der Waals surface area contributed by atoms with Crippen LogP contribution in [0.25, 0.3) is 11.1 Å². The number of aromatic nitrogens is 1. The number of benzene rings is 2. The summed E-state index contributed by atoms with van der Waals surface area (Å²) in [6.45, 7) is 4.58. The molecule has 9 heteroatoms. The summed E-state index contributed by atoms with van der Waals surface area (Å²) in [4.78, 5) is 48.5. The van der Waals surface area contributed by atoms with Gasteiger partial charge < -0.3 is 26.2 Å². The van der Waals surface area contributed by atoms with Gasteiger partial charge in [0.2, 0.25) is 11.8 Å². The van der Waals surface area contributed by atoms with Gasteiger partial charge in [0.25, 0.3) is 0 Å². The number of ketones is 1. The molecule has 1 atom stereocenters. The molecule has 6 rings (SSSR count). The number of hydrogen-bond acceptors (Lipinski definition) is 7. The van der Waals surface area contributed by atoms with E-state index >= 15 is 0 Å². The van der Waals surface area contributed by atoms with E-state index in [-0.39, 0.29) is 29.9 Å². The third kappa shape index (κ3) is 7.60. The molecule has 0 bridgehead atoms. The first-order valence-corrected chi connectivity index (χ1v) is 16.3. The number of pyridine rings is 1. The summed E-state index contributed by atoms with van der Waals surface area (Å²) >= 11 is 0. The monoisotopic (exact) mass is 608 g/mol. The number of nitrogens with two attached hydrogens (primary N) is 1. The van der Waals surface area contributed by atoms with Crippen LogP contribution in [0.15, 0.2) is 60.8 Å². The Hall–Kier alpha value is -4.08. The average Bonchev–Trinajstić information content (AvgIpc) is 3.44. The van der Waals surface area contributed by atoms with Crippen LogP contribution in [0.4, 0.5) is 17.2 Å². The van der Waals surface area contributed by atoms with Gasteiger partial charge in [-0.1, -0.05) is 30.3 Å². The van der Waals surface area contributed by atoms with E-state index in [1.165, 1.54) is 0 Å². The van der Waals surface area contributed by atoms with Gasteiger partial charge in [-0.2, -0.15) is 0 Å². The Balaban J connectivity index is 1.20. The second kappa shape index (κ2) is 13.9. The topological polar surface area (TPSA) is 121 Å². The van der Waals surface area contributed by atoms with Gasteiger partial charge in [-0.25, -0.2) is 4.98 Å². The molecular weight excluding hydrogens is 564 g/mol. The van der Waals surface area contributed by atoms with Crippen molar-refractivity contribution < 1.29 is 14.4 Å². The summed E-state index contributed by atoms with van der Waals surface area (Å²) in [5.74, 6) is 0.843. The Kier molecular flexibility index (Phi) is 9.56. The second-order valence-electron chi connectivity index (χ2n) is 13.0. The number of piperazine rings is 1. The summed E-state index contributed by atoms with van der Waals surface area (Å²) in [7, 11) is 2.14. The lowest BCUT2D eigenvalue weighted by molar-refractivity contribution is -0.129. The minimum Gasteiger partial charge on any atom is -0.354 e. The number of nitrogens with zero attached hydrogens (tertiary/aromatic N) is 3. The van der Waals surface area contributed by atoms with Gasteiger partial charge in [-0.3, -0.25) is 14.4 Å². The van der Waals surface area contributed by atoms with Crippen molar-refractivity contribution in [2.24, 2.45) is 23.5 Å². The van der Waals surface area contributed by atoms with Crippen LogP contribution in [-0.4, -0.2) is 67.3 Å². The van der Waals surface area contributed by atoms with E-state index in [1.54, 1.807) is 6.07 Å². The molecule has 1 saturated carbocycles. The number of hydrogen-bond donors (Lipinski definition) is 3. The molecule has 2 aromatic carbocycles. The Morgan fingerprint density at radius 1 is 1.00 bits per heavy atom. The van der Waals surface area contributed by atoms with Crippen molar-refractivity contribution in [2.45, 2.75) is 44.9 Å². The maximum absolute atomic E-state index is 13.8. The first-order chi connectivity index (χ1) is 21.8. The van der Waals surface area contributed by atoms with E-state index in [2.05, 4.69) is 50.7 Å². The molecule has 1 aromatic heterocycles. The van der Waals surface area contributed by atoms with Crippen molar-refractivity contribution >= 4 is 34.8 Å². The Morgan fingerprint density at radius 2 is 1.78 bits per heavy atom. The maximum Gasteiger partial charge on any atom is 0.228 e. The van der Waals surface area contributed by atoms with Crippen molar-refractivity contribution in [3.05, 3.63) is 71.9 Å². The Labute approximate surface area is 265 Å². The molecule has 2 fully saturated rings. The van der Waals surface area contributed by atoms with E-state index in [0.717, 1.165) is 85.6 Å². The van der Waals surface area contributed by atoms with E-state index < -0.39 is 5.92 Å². The molecule has 45 heavy (non-hydrogen) atoms. The lowest BCUT2D eigenvalue weighted by Crippen LogP contribution is -2.44. The second-order valence-corrected chi connectivity index (χ2v) is 13.0. The van der Waals surface area contributed by atoms with Crippen molar-refractivity contribution in [1.29, 1.82) is 0 Å². The molecule has 3 aromatic rings. The van der Waals surface area contributed by atoms with Gasteiger partial charge in [0.15, 0.2) is 0 Å². The number of anilines is 3. The number of nitrogens with one attached hydrogen (secondary N) is 2. The highest BCUT2D eigenvalue weighted by molar-refractivity contribution is 6.01. The molecular formula is C36H44N6O3. The molecule has 2 amide bonds.